The molecule has 1 aromatic heterocycles. The van der Waals surface area contributed by atoms with Crippen molar-refractivity contribution in [3.63, 3.8) is 0 Å². The highest BCUT2D eigenvalue weighted by Crippen LogP contribution is 2.35. The molecule has 0 bridgehead atoms. The van der Waals surface area contributed by atoms with Gasteiger partial charge in [-0.2, -0.15) is 0 Å². The fourth-order valence-corrected chi connectivity index (χ4v) is 2.48. The molecule has 1 atom stereocenters. The lowest BCUT2D eigenvalue weighted by molar-refractivity contribution is 0.0907. The number of aromatic nitrogens is 1. The molecule has 22 heavy (non-hydrogen) atoms. The van der Waals surface area contributed by atoms with Crippen molar-refractivity contribution in [1.29, 1.82) is 0 Å². The van der Waals surface area contributed by atoms with E-state index in [0.717, 1.165) is 24.2 Å². The van der Waals surface area contributed by atoms with E-state index < -0.39 is 6.10 Å². The summed E-state index contributed by atoms with van der Waals surface area (Å²) < 4.78 is 7.09. The lowest BCUT2D eigenvalue weighted by Gasteiger charge is -2.14. The van der Waals surface area contributed by atoms with Crippen molar-refractivity contribution >= 4 is 5.91 Å². The van der Waals surface area contributed by atoms with Crippen LogP contribution in [0.1, 0.15) is 41.0 Å². The third-order valence-electron chi connectivity index (χ3n) is 3.91. The average molecular weight is 300 g/mol. The first-order valence-electron chi connectivity index (χ1n) is 7.46. The molecule has 1 unspecified atom stereocenters. The second-order valence-corrected chi connectivity index (χ2v) is 5.53. The van der Waals surface area contributed by atoms with E-state index in [1.165, 1.54) is 0 Å². The van der Waals surface area contributed by atoms with Gasteiger partial charge < -0.3 is 19.7 Å². The Hall–Kier alpha value is -2.27. The molecular weight excluding hydrogens is 280 g/mol. The van der Waals surface area contributed by atoms with Crippen LogP contribution in [0, 0.1) is 0 Å². The first-order chi connectivity index (χ1) is 10.7. The minimum absolute atomic E-state index is 0.149. The summed E-state index contributed by atoms with van der Waals surface area (Å²) in [7, 11) is 1.60. The van der Waals surface area contributed by atoms with Crippen molar-refractivity contribution in [3.8, 4) is 5.75 Å². The van der Waals surface area contributed by atoms with Crippen molar-refractivity contribution in [2.24, 2.45) is 0 Å². The van der Waals surface area contributed by atoms with Crippen LogP contribution in [0.3, 0.4) is 0 Å². The van der Waals surface area contributed by atoms with Gasteiger partial charge in [-0.3, -0.25) is 4.79 Å². The smallest absolute Gasteiger partial charge is 0.268 e. The SMILES string of the molecule is COc1ccc(C(O)CNC(=O)c2cccn2C2CC2)cc1. The van der Waals surface area contributed by atoms with E-state index in [1.54, 1.807) is 31.4 Å². The Labute approximate surface area is 129 Å². The van der Waals surface area contributed by atoms with Gasteiger partial charge in [0.2, 0.25) is 0 Å². The number of nitrogens with one attached hydrogen (secondary N) is 1. The van der Waals surface area contributed by atoms with Gasteiger partial charge in [-0.05, 0) is 42.7 Å². The first kappa shape index (κ1) is 14.7. The summed E-state index contributed by atoms with van der Waals surface area (Å²) in [4.78, 5) is 12.2. The van der Waals surface area contributed by atoms with Crippen molar-refractivity contribution in [3.05, 3.63) is 53.9 Å². The van der Waals surface area contributed by atoms with Gasteiger partial charge in [0.25, 0.3) is 5.91 Å². The van der Waals surface area contributed by atoms with Crippen LogP contribution in [0.25, 0.3) is 0 Å². The van der Waals surface area contributed by atoms with Crippen molar-refractivity contribution in [1.82, 2.24) is 9.88 Å². The summed E-state index contributed by atoms with van der Waals surface area (Å²) in [6, 6.07) is 11.3. The number of amides is 1. The number of methoxy groups -OCH3 is 1. The summed E-state index contributed by atoms with van der Waals surface area (Å²) in [5.41, 5.74) is 1.41. The predicted molar refractivity (Wildman–Crippen MR) is 83.0 cm³/mol. The molecule has 1 heterocycles. The van der Waals surface area contributed by atoms with Crippen LogP contribution < -0.4 is 10.1 Å². The molecule has 116 valence electrons. The normalized spacial score (nSPS) is 15.4. The standard InChI is InChI=1S/C17H20N2O3/c1-22-14-8-4-12(5-9-14)16(20)11-18-17(21)15-3-2-10-19(15)13-6-7-13/h2-5,8-10,13,16,20H,6-7,11H2,1H3,(H,18,21). The maximum absolute atomic E-state index is 12.2. The van der Waals surface area contributed by atoms with Crippen LogP contribution in [0.5, 0.6) is 5.75 Å². The minimum atomic E-state index is -0.737. The van der Waals surface area contributed by atoms with Crippen LogP contribution >= 0.6 is 0 Å². The van der Waals surface area contributed by atoms with E-state index >= 15 is 0 Å². The molecule has 3 rings (SSSR count). The van der Waals surface area contributed by atoms with E-state index in [2.05, 4.69) is 5.32 Å². The zero-order chi connectivity index (χ0) is 15.5. The molecule has 0 saturated heterocycles. The molecule has 0 aliphatic heterocycles. The number of benzene rings is 1. The first-order valence-corrected chi connectivity index (χ1v) is 7.46. The summed E-state index contributed by atoms with van der Waals surface area (Å²) in [5, 5.41) is 13.0. The molecule has 1 amide bonds. The Morgan fingerprint density at radius 3 is 2.73 bits per heavy atom. The molecule has 1 aliphatic carbocycles. The van der Waals surface area contributed by atoms with Gasteiger partial charge in [-0.1, -0.05) is 12.1 Å². The fraction of sp³-hybridized carbons (Fsp3) is 0.353. The molecule has 2 N–H and O–H groups in total. The third-order valence-corrected chi connectivity index (χ3v) is 3.91. The van der Waals surface area contributed by atoms with E-state index in [4.69, 9.17) is 4.74 Å². The zero-order valence-electron chi connectivity index (χ0n) is 12.5. The van der Waals surface area contributed by atoms with Gasteiger partial charge in [0.05, 0.1) is 13.2 Å². The van der Waals surface area contributed by atoms with Crippen molar-refractivity contribution in [2.75, 3.05) is 13.7 Å². The van der Waals surface area contributed by atoms with Crippen LogP contribution in [0.2, 0.25) is 0 Å². The lowest BCUT2D eigenvalue weighted by atomic mass is 10.1. The molecule has 1 fully saturated rings. The Morgan fingerprint density at radius 1 is 1.36 bits per heavy atom. The average Bonchev–Trinajstić information content (AvgIpc) is 3.29. The molecule has 1 saturated carbocycles. The van der Waals surface area contributed by atoms with Crippen LogP contribution in [-0.2, 0) is 0 Å². The molecule has 1 aliphatic rings. The molecule has 0 radical (unpaired) electrons. The number of aliphatic hydroxyl groups is 1. The summed E-state index contributed by atoms with van der Waals surface area (Å²) in [6.45, 7) is 0.182. The summed E-state index contributed by atoms with van der Waals surface area (Å²) >= 11 is 0. The quantitative estimate of drug-likeness (QED) is 0.860. The van der Waals surface area contributed by atoms with Gasteiger partial charge in [0.1, 0.15) is 11.4 Å². The van der Waals surface area contributed by atoms with Gasteiger partial charge in [-0.15, -0.1) is 0 Å². The summed E-state index contributed by atoms with van der Waals surface area (Å²) in [5.74, 6) is 0.590. The van der Waals surface area contributed by atoms with Crippen molar-refractivity contribution < 1.29 is 14.6 Å². The highest BCUT2D eigenvalue weighted by Gasteiger charge is 2.26. The lowest BCUT2D eigenvalue weighted by Crippen LogP contribution is -2.29. The highest BCUT2D eigenvalue weighted by molar-refractivity contribution is 5.92. The maximum Gasteiger partial charge on any atom is 0.268 e. The monoisotopic (exact) mass is 300 g/mol. The Bertz CT molecular complexity index is 644. The number of carbonyl (C=O) groups excluding carboxylic acids is 1. The molecular formula is C17H20N2O3. The van der Waals surface area contributed by atoms with Gasteiger partial charge in [0.15, 0.2) is 0 Å². The molecule has 5 nitrogen and oxygen atoms in total. The van der Waals surface area contributed by atoms with E-state index in [0.29, 0.717) is 11.7 Å². The van der Waals surface area contributed by atoms with Gasteiger partial charge in [0, 0.05) is 18.8 Å². The Balaban J connectivity index is 1.58. The predicted octanol–water partition coefficient (Wildman–Crippen LogP) is 2.29. The molecule has 2 aromatic rings. The zero-order valence-corrected chi connectivity index (χ0v) is 12.5. The largest absolute Gasteiger partial charge is 0.497 e. The Kier molecular flexibility index (Phi) is 4.15. The number of nitrogens with zero attached hydrogens (tertiary/aromatic N) is 1. The number of ether oxygens (including phenoxy) is 1. The van der Waals surface area contributed by atoms with Crippen LogP contribution in [-0.4, -0.2) is 29.2 Å². The highest BCUT2D eigenvalue weighted by atomic mass is 16.5. The van der Waals surface area contributed by atoms with E-state index in [1.807, 2.05) is 22.9 Å². The molecule has 1 aromatic carbocycles. The number of hydrogen-bond donors (Lipinski definition) is 2. The number of hydrogen-bond acceptors (Lipinski definition) is 3. The fourth-order valence-electron chi connectivity index (χ4n) is 2.48. The van der Waals surface area contributed by atoms with Crippen LogP contribution in [0.15, 0.2) is 42.6 Å². The van der Waals surface area contributed by atoms with Gasteiger partial charge in [-0.25, -0.2) is 0 Å². The number of rotatable bonds is 6. The third kappa shape index (κ3) is 3.14. The number of carbonyl (C=O) groups is 1. The number of aliphatic hydroxyl groups excluding tert-OH is 1. The summed E-state index contributed by atoms with van der Waals surface area (Å²) in [6.07, 6.45) is 3.46. The maximum atomic E-state index is 12.2. The molecule has 0 spiro atoms. The topological polar surface area (TPSA) is 63.5 Å². The van der Waals surface area contributed by atoms with E-state index in [-0.39, 0.29) is 12.5 Å². The van der Waals surface area contributed by atoms with Gasteiger partial charge >= 0.3 is 0 Å². The van der Waals surface area contributed by atoms with Crippen LogP contribution in [0.4, 0.5) is 0 Å². The second kappa shape index (κ2) is 6.23. The van der Waals surface area contributed by atoms with Crippen molar-refractivity contribution in [2.45, 2.75) is 25.0 Å². The molecule has 5 heteroatoms. The van der Waals surface area contributed by atoms with E-state index in [9.17, 15) is 9.90 Å². The Morgan fingerprint density at radius 2 is 2.09 bits per heavy atom. The second-order valence-electron chi connectivity index (χ2n) is 5.53. The minimum Gasteiger partial charge on any atom is -0.497 e.